The van der Waals surface area contributed by atoms with Crippen LogP contribution in [-0.4, -0.2) is 0 Å². The molecule has 0 fully saturated rings. The summed E-state index contributed by atoms with van der Waals surface area (Å²) >= 11 is 3.55. The van der Waals surface area contributed by atoms with E-state index in [0.717, 1.165) is 16.3 Å². The molecule has 0 saturated carbocycles. The molecule has 0 spiro atoms. The molecule has 1 aliphatic rings. The average Bonchev–Trinajstić information content (AvgIpc) is 2.55. The number of hydrogen-bond donors (Lipinski definition) is 0. The van der Waals surface area contributed by atoms with Crippen molar-refractivity contribution in [1.82, 2.24) is 0 Å². The van der Waals surface area contributed by atoms with E-state index in [9.17, 15) is 0 Å². The van der Waals surface area contributed by atoms with Gasteiger partial charge in [-0.1, -0.05) is 60.5 Å². The average molecular weight is 357 g/mol. The molecular weight excluding hydrogens is 332 g/mol. The summed E-state index contributed by atoms with van der Waals surface area (Å²) in [4.78, 5) is 0. The van der Waals surface area contributed by atoms with E-state index in [2.05, 4.69) is 72.3 Å². The minimum Gasteiger partial charge on any atom is -0.0804 e. The summed E-state index contributed by atoms with van der Waals surface area (Å²) in [5, 5.41) is 2.65. The standard InChI is InChI=1S/C21H25Br/c1-3-15(2)12-16-4-6-17(7-5-16)18-8-9-20-14-21(22)11-10-19(20)13-18/h6,8-11,13-16H,3-5,7,12H2,1-2H3. The number of hydrogen-bond acceptors (Lipinski definition) is 0. The Kier molecular flexibility index (Phi) is 5.03. The van der Waals surface area contributed by atoms with Crippen LogP contribution in [0.1, 0.15) is 51.5 Å². The molecule has 0 aromatic heterocycles. The molecule has 0 radical (unpaired) electrons. The second kappa shape index (κ2) is 7.00. The van der Waals surface area contributed by atoms with Crippen molar-refractivity contribution >= 4 is 32.3 Å². The Hall–Kier alpha value is -1.08. The first kappa shape index (κ1) is 15.8. The number of rotatable bonds is 4. The first-order valence-corrected chi connectivity index (χ1v) is 9.33. The van der Waals surface area contributed by atoms with Gasteiger partial charge in [0.25, 0.3) is 0 Å². The SMILES string of the molecule is CCC(C)CC1CC=C(c2ccc3cc(Br)ccc3c2)CC1. The smallest absolute Gasteiger partial charge is 0.0181 e. The van der Waals surface area contributed by atoms with E-state index >= 15 is 0 Å². The highest BCUT2D eigenvalue weighted by molar-refractivity contribution is 9.10. The van der Waals surface area contributed by atoms with Crippen LogP contribution in [-0.2, 0) is 0 Å². The largest absolute Gasteiger partial charge is 0.0804 e. The van der Waals surface area contributed by atoms with E-state index in [1.54, 1.807) is 5.57 Å². The molecule has 2 atom stereocenters. The van der Waals surface area contributed by atoms with Crippen molar-refractivity contribution in [3.63, 3.8) is 0 Å². The van der Waals surface area contributed by atoms with Gasteiger partial charge in [0.15, 0.2) is 0 Å². The lowest BCUT2D eigenvalue weighted by Gasteiger charge is -2.24. The second-order valence-electron chi connectivity index (χ2n) is 6.83. The van der Waals surface area contributed by atoms with E-state index in [1.807, 2.05) is 0 Å². The van der Waals surface area contributed by atoms with Gasteiger partial charge in [0.2, 0.25) is 0 Å². The molecule has 22 heavy (non-hydrogen) atoms. The van der Waals surface area contributed by atoms with Crippen molar-refractivity contribution in [2.75, 3.05) is 0 Å². The van der Waals surface area contributed by atoms with Gasteiger partial charge < -0.3 is 0 Å². The van der Waals surface area contributed by atoms with Gasteiger partial charge in [-0.2, -0.15) is 0 Å². The molecule has 1 heteroatoms. The molecule has 3 rings (SSSR count). The zero-order chi connectivity index (χ0) is 15.5. The quantitative estimate of drug-likeness (QED) is 0.542. The molecule has 0 saturated heterocycles. The molecule has 0 bridgehead atoms. The van der Waals surface area contributed by atoms with Gasteiger partial charge in [-0.3, -0.25) is 0 Å². The predicted molar refractivity (Wildman–Crippen MR) is 101 cm³/mol. The number of fused-ring (bicyclic) bond motifs is 1. The van der Waals surface area contributed by atoms with Crippen molar-refractivity contribution in [2.24, 2.45) is 11.8 Å². The molecule has 2 unspecified atom stereocenters. The van der Waals surface area contributed by atoms with E-state index in [-0.39, 0.29) is 0 Å². The Balaban J connectivity index is 1.76. The minimum absolute atomic E-state index is 0.874. The van der Waals surface area contributed by atoms with E-state index in [0.29, 0.717) is 0 Å². The highest BCUT2D eigenvalue weighted by Crippen LogP contribution is 2.35. The van der Waals surface area contributed by atoms with E-state index in [4.69, 9.17) is 0 Å². The van der Waals surface area contributed by atoms with Gasteiger partial charge in [0.05, 0.1) is 0 Å². The molecule has 0 heterocycles. The number of halogens is 1. The van der Waals surface area contributed by atoms with Crippen LogP contribution < -0.4 is 0 Å². The maximum atomic E-state index is 3.55. The first-order chi connectivity index (χ1) is 10.7. The Bertz CT molecular complexity index is 683. The fourth-order valence-electron chi connectivity index (χ4n) is 3.52. The van der Waals surface area contributed by atoms with E-state index in [1.165, 1.54) is 48.4 Å². The van der Waals surface area contributed by atoms with Gasteiger partial charge in [-0.15, -0.1) is 0 Å². The molecule has 0 aliphatic heterocycles. The van der Waals surface area contributed by atoms with Crippen molar-refractivity contribution in [2.45, 2.75) is 46.0 Å². The van der Waals surface area contributed by atoms with Crippen LogP contribution in [0, 0.1) is 11.8 Å². The molecule has 1 aliphatic carbocycles. The highest BCUT2D eigenvalue weighted by Gasteiger charge is 2.17. The fraction of sp³-hybridized carbons (Fsp3) is 0.429. The number of benzene rings is 2. The van der Waals surface area contributed by atoms with Crippen LogP contribution in [0.15, 0.2) is 46.9 Å². The third-order valence-corrected chi connectivity index (χ3v) is 5.62. The highest BCUT2D eigenvalue weighted by atomic mass is 79.9. The molecule has 0 amide bonds. The maximum absolute atomic E-state index is 3.55. The van der Waals surface area contributed by atoms with Gasteiger partial charge in [-0.25, -0.2) is 0 Å². The molecule has 0 N–H and O–H groups in total. The van der Waals surface area contributed by atoms with Crippen molar-refractivity contribution in [3.8, 4) is 0 Å². The van der Waals surface area contributed by atoms with Crippen molar-refractivity contribution < 1.29 is 0 Å². The van der Waals surface area contributed by atoms with Gasteiger partial charge in [0.1, 0.15) is 0 Å². The molecule has 116 valence electrons. The Labute approximate surface area is 142 Å². The number of allylic oxidation sites excluding steroid dienone is 2. The summed E-state index contributed by atoms with van der Waals surface area (Å²) in [5.74, 6) is 1.77. The van der Waals surface area contributed by atoms with Crippen LogP contribution in [0.25, 0.3) is 16.3 Å². The summed E-state index contributed by atoms with van der Waals surface area (Å²) in [6.07, 6.45) is 9.06. The third-order valence-electron chi connectivity index (χ3n) is 5.13. The monoisotopic (exact) mass is 356 g/mol. The Morgan fingerprint density at radius 2 is 1.91 bits per heavy atom. The summed E-state index contributed by atoms with van der Waals surface area (Å²) in [6, 6.07) is 13.4. The Morgan fingerprint density at radius 3 is 2.64 bits per heavy atom. The van der Waals surface area contributed by atoms with Crippen LogP contribution in [0.4, 0.5) is 0 Å². The molecule has 2 aromatic carbocycles. The fourth-order valence-corrected chi connectivity index (χ4v) is 3.90. The van der Waals surface area contributed by atoms with Gasteiger partial charge in [-0.05, 0) is 77.6 Å². The maximum Gasteiger partial charge on any atom is 0.0181 e. The summed E-state index contributed by atoms with van der Waals surface area (Å²) in [6.45, 7) is 4.70. The summed E-state index contributed by atoms with van der Waals surface area (Å²) in [7, 11) is 0. The van der Waals surface area contributed by atoms with Gasteiger partial charge >= 0.3 is 0 Å². The zero-order valence-electron chi connectivity index (χ0n) is 13.6. The lowest BCUT2D eigenvalue weighted by Crippen LogP contribution is -2.09. The van der Waals surface area contributed by atoms with E-state index < -0.39 is 0 Å². The van der Waals surface area contributed by atoms with Crippen LogP contribution >= 0.6 is 15.9 Å². The normalized spacial score (nSPS) is 20.0. The minimum atomic E-state index is 0.874. The van der Waals surface area contributed by atoms with Crippen molar-refractivity contribution in [3.05, 3.63) is 52.5 Å². The summed E-state index contributed by atoms with van der Waals surface area (Å²) in [5.41, 5.74) is 2.96. The summed E-state index contributed by atoms with van der Waals surface area (Å²) < 4.78 is 1.15. The van der Waals surface area contributed by atoms with Gasteiger partial charge in [0, 0.05) is 4.47 Å². The topological polar surface area (TPSA) is 0 Å². The Morgan fingerprint density at radius 1 is 1.14 bits per heavy atom. The van der Waals surface area contributed by atoms with Crippen molar-refractivity contribution in [1.29, 1.82) is 0 Å². The van der Waals surface area contributed by atoms with Crippen LogP contribution in [0.3, 0.4) is 0 Å². The zero-order valence-corrected chi connectivity index (χ0v) is 15.2. The lowest BCUT2D eigenvalue weighted by molar-refractivity contribution is 0.362. The lowest BCUT2D eigenvalue weighted by atomic mass is 9.81. The first-order valence-electron chi connectivity index (χ1n) is 8.54. The predicted octanol–water partition coefficient (Wildman–Crippen LogP) is 7.22. The third kappa shape index (κ3) is 3.63. The van der Waals surface area contributed by atoms with Crippen LogP contribution in [0.2, 0.25) is 0 Å². The molecule has 2 aromatic rings. The molecule has 0 nitrogen and oxygen atoms in total. The van der Waals surface area contributed by atoms with Crippen LogP contribution in [0.5, 0.6) is 0 Å². The second-order valence-corrected chi connectivity index (χ2v) is 7.74. The molecular formula is C21H25Br.